The lowest BCUT2D eigenvalue weighted by molar-refractivity contribution is -0.138. The Hall–Kier alpha value is -1.30. The molecule has 1 heterocycles. The van der Waals surface area contributed by atoms with Crippen molar-refractivity contribution in [3.05, 3.63) is 0 Å². The minimum absolute atomic E-state index is 0.0624. The van der Waals surface area contributed by atoms with Crippen LogP contribution < -0.4 is 5.32 Å². The minimum Gasteiger partial charge on any atom is -0.481 e. The molecule has 110 valence electrons. The lowest BCUT2D eigenvalue weighted by atomic mass is 9.95. The van der Waals surface area contributed by atoms with E-state index in [0.717, 1.165) is 12.8 Å². The zero-order chi connectivity index (χ0) is 14.5. The van der Waals surface area contributed by atoms with Gasteiger partial charge in [-0.1, -0.05) is 0 Å². The van der Waals surface area contributed by atoms with E-state index >= 15 is 0 Å². The summed E-state index contributed by atoms with van der Waals surface area (Å²) < 4.78 is 5.24. The number of carbonyl (C=O) groups excluding carboxylic acids is 1. The average molecular weight is 272 g/mol. The van der Waals surface area contributed by atoms with Crippen molar-refractivity contribution < 1.29 is 19.4 Å². The highest BCUT2D eigenvalue weighted by atomic mass is 16.5. The maximum atomic E-state index is 12.0. The normalized spacial score (nSPS) is 20.2. The SMILES string of the molecule is COC(C)(C)CNC(=O)N1CCCC(CC(=O)O)C1. The van der Waals surface area contributed by atoms with E-state index in [1.54, 1.807) is 12.0 Å². The van der Waals surface area contributed by atoms with Gasteiger partial charge in [-0.2, -0.15) is 0 Å². The molecule has 0 spiro atoms. The molecule has 1 aliphatic heterocycles. The van der Waals surface area contributed by atoms with E-state index in [2.05, 4.69) is 5.32 Å². The van der Waals surface area contributed by atoms with Crippen LogP contribution in [-0.2, 0) is 9.53 Å². The molecule has 6 heteroatoms. The minimum atomic E-state index is -0.798. The van der Waals surface area contributed by atoms with E-state index in [9.17, 15) is 9.59 Å². The molecule has 0 aromatic carbocycles. The van der Waals surface area contributed by atoms with Crippen molar-refractivity contribution in [2.24, 2.45) is 5.92 Å². The predicted molar refractivity (Wildman–Crippen MR) is 71.0 cm³/mol. The Morgan fingerprint density at radius 2 is 2.16 bits per heavy atom. The summed E-state index contributed by atoms with van der Waals surface area (Å²) >= 11 is 0. The number of carboxylic acids is 1. The third kappa shape index (κ3) is 5.46. The summed E-state index contributed by atoms with van der Waals surface area (Å²) in [7, 11) is 1.61. The number of hydrogen-bond acceptors (Lipinski definition) is 3. The summed E-state index contributed by atoms with van der Waals surface area (Å²) in [6, 6.07) is -0.139. The molecule has 1 saturated heterocycles. The zero-order valence-electron chi connectivity index (χ0n) is 11.9. The maximum Gasteiger partial charge on any atom is 0.317 e. The molecule has 1 unspecified atom stereocenters. The van der Waals surface area contributed by atoms with Crippen LogP contribution in [-0.4, -0.2) is 54.4 Å². The van der Waals surface area contributed by atoms with Crippen LogP contribution in [0, 0.1) is 5.92 Å². The highest BCUT2D eigenvalue weighted by Gasteiger charge is 2.26. The number of urea groups is 1. The number of methoxy groups -OCH3 is 1. The molecular formula is C13H24N2O4. The Kier molecular flexibility index (Phi) is 5.60. The van der Waals surface area contributed by atoms with E-state index in [1.807, 2.05) is 13.8 Å². The van der Waals surface area contributed by atoms with Gasteiger partial charge in [0.1, 0.15) is 0 Å². The Morgan fingerprint density at radius 3 is 2.74 bits per heavy atom. The van der Waals surface area contributed by atoms with Crippen molar-refractivity contribution in [2.75, 3.05) is 26.7 Å². The van der Waals surface area contributed by atoms with Gasteiger partial charge in [0.25, 0.3) is 0 Å². The van der Waals surface area contributed by atoms with E-state index in [4.69, 9.17) is 9.84 Å². The van der Waals surface area contributed by atoms with Crippen molar-refractivity contribution in [2.45, 2.75) is 38.7 Å². The van der Waals surface area contributed by atoms with E-state index in [0.29, 0.717) is 19.6 Å². The van der Waals surface area contributed by atoms with Crippen LogP contribution in [0.4, 0.5) is 4.79 Å². The predicted octanol–water partition coefficient (Wildman–Crippen LogP) is 1.31. The highest BCUT2D eigenvalue weighted by molar-refractivity contribution is 5.74. The van der Waals surface area contributed by atoms with Gasteiger partial charge in [-0.15, -0.1) is 0 Å². The van der Waals surface area contributed by atoms with Gasteiger partial charge in [-0.25, -0.2) is 4.79 Å². The molecule has 0 aromatic heterocycles. The van der Waals surface area contributed by atoms with E-state index in [-0.39, 0.29) is 18.4 Å². The van der Waals surface area contributed by atoms with E-state index < -0.39 is 11.6 Å². The summed E-state index contributed by atoms with van der Waals surface area (Å²) in [6.45, 7) is 5.44. The number of nitrogens with zero attached hydrogens (tertiary/aromatic N) is 1. The van der Waals surface area contributed by atoms with Crippen molar-refractivity contribution in [1.29, 1.82) is 0 Å². The second-order valence-corrected chi connectivity index (χ2v) is 5.67. The molecule has 1 aliphatic rings. The number of hydrogen-bond donors (Lipinski definition) is 2. The Balaban J connectivity index is 2.41. The first-order valence-electron chi connectivity index (χ1n) is 6.64. The number of ether oxygens (including phenoxy) is 1. The van der Waals surface area contributed by atoms with Gasteiger partial charge >= 0.3 is 12.0 Å². The van der Waals surface area contributed by atoms with Crippen molar-refractivity contribution in [3.8, 4) is 0 Å². The molecule has 0 aliphatic carbocycles. The van der Waals surface area contributed by atoms with Crippen LogP contribution in [0.25, 0.3) is 0 Å². The van der Waals surface area contributed by atoms with Crippen LogP contribution in [0.2, 0.25) is 0 Å². The van der Waals surface area contributed by atoms with E-state index in [1.165, 1.54) is 0 Å². The van der Waals surface area contributed by atoms with Gasteiger partial charge in [0, 0.05) is 33.2 Å². The molecule has 0 aromatic rings. The first-order chi connectivity index (χ1) is 8.84. The summed E-state index contributed by atoms with van der Waals surface area (Å²) in [5.74, 6) is -0.736. The van der Waals surface area contributed by atoms with Crippen molar-refractivity contribution in [1.82, 2.24) is 10.2 Å². The number of amides is 2. The number of carbonyl (C=O) groups is 2. The standard InChI is InChI=1S/C13H24N2O4/c1-13(2,19-3)9-14-12(18)15-6-4-5-10(8-15)7-11(16)17/h10H,4-9H2,1-3H3,(H,14,18)(H,16,17). The number of nitrogens with one attached hydrogen (secondary N) is 1. The molecule has 1 atom stereocenters. The fourth-order valence-electron chi connectivity index (χ4n) is 2.14. The van der Waals surface area contributed by atoms with Crippen LogP contribution in [0.3, 0.4) is 0 Å². The van der Waals surface area contributed by atoms with Gasteiger partial charge in [0.05, 0.1) is 5.60 Å². The second-order valence-electron chi connectivity index (χ2n) is 5.67. The Bertz CT molecular complexity index is 331. The summed E-state index contributed by atoms with van der Waals surface area (Å²) in [5.41, 5.74) is -0.397. The molecule has 1 rings (SSSR count). The molecule has 0 bridgehead atoms. The van der Waals surface area contributed by atoms with Gasteiger partial charge in [-0.3, -0.25) is 4.79 Å². The number of carboxylic acid groups (broad SMARTS) is 1. The van der Waals surface area contributed by atoms with Gasteiger partial charge in [-0.05, 0) is 32.6 Å². The van der Waals surface area contributed by atoms with Crippen LogP contribution >= 0.6 is 0 Å². The molecule has 2 amide bonds. The molecule has 1 fully saturated rings. The third-order valence-corrected chi connectivity index (χ3v) is 3.49. The largest absolute Gasteiger partial charge is 0.481 e. The first kappa shape index (κ1) is 15.8. The van der Waals surface area contributed by atoms with Crippen LogP contribution in [0.15, 0.2) is 0 Å². The van der Waals surface area contributed by atoms with Crippen molar-refractivity contribution in [3.63, 3.8) is 0 Å². The highest BCUT2D eigenvalue weighted by Crippen LogP contribution is 2.19. The molecule has 0 saturated carbocycles. The lowest BCUT2D eigenvalue weighted by Crippen LogP contribution is -2.49. The van der Waals surface area contributed by atoms with Crippen LogP contribution in [0.1, 0.15) is 33.1 Å². The fourth-order valence-corrected chi connectivity index (χ4v) is 2.14. The molecule has 6 nitrogen and oxygen atoms in total. The van der Waals surface area contributed by atoms with Crippen LogP contribution in [0.5, 0.6) is 0 Å². The van der Waals surface area contributed by atoms with Crippen molar-refractivity contribution >= 4 is 12.0 Å². The average Bonchev–Trinajstić information content (AvgIpc) is 2.35. The smallest absolute Gasteiger partial charge is 0.317 e. The van der Waals surface area contributed by atoms with Gasteiger partial charge in [0.15, 0.2) is 0 Å². The summed E-state index contributed by atoms with van der Waals surface area (Å²) in [6.07, 6.45) is 1.87. The quantitative estimate of drug-likeness (QED) is 0.791. The number of aliphatic carboxylic acids is 1. The third-order valence-electron chi connectivity index (χ3n) is 3.49. The zero-order valence-corrected chi connectivity index (χ0v) is 11.9. The van der Waals surface area contributed by atoms with Gasteiger partial charge < -0.3 is 20.1 Å². The number of likely N-dealkylation sites (tertiary alicyclic amines) is 1. The topological polar surface area (TPSA) is 78.9 Å². The summed E-state index contributed by atoms with van der Waals surface area (Å²) in [5, 5.41) is 11.6. The summed E-state index contributed by atoms with van der Waals surface area (Å²) in [4.78, 5) is 24.4. The Morgan fingerprint density at radius 1 is 1.47 bits per heavy atom. The number of rotatable bonds is 5. The second kappa shape index (κ2) is 6.75. The molecular weight excluding hydrogens is 248 g/mol. The Labute approximate surface area is 114 Å². The first-order valence-corrected chi connectivity index (χ1v) is 6.64. The number of piperidine rings is 1. The fraction of sp³-hybridized carbons (Fsp3) is 0.846. The van der Waals surface area contributed by atoms with Gasteiger partial charge in [0.2, 0.25) is 0 Å². The molecule has 19 heavy (non-hydrogen) atoms. The maximum absolute atomic E-state index is 12.0. The molecule has 2 N–H and O–H groups in total. The monoisotopic (exact) mass is 272 g/mol. The lowest BCUT2D eigenvalue weighted by Gasteiger charge is -2.33. The molecule has 0 radical (unpaired) electrons.